The number of nitrogens with zero attached hydrogens (tertiary/aromatic N) is 1. The summed E-state index contributed by atoms with van der Waals surface area (Å²) in [7, 11) is 1.81. The molecule has 1 aliphatic heterocycles. The quantitative estimate of drug-likeness (QED) is 0.761. The molecule has 2 aliphatic rings. The highest BCUT2D eigenvalue weighted by Crippen LogP contribution is 2.39. The molecular formula is C12H24N2O. The van der Waals surface area contributed by atoms with Crippen molar-refractivity contribution in [1.29, 1.82) is 0 Å². The summed E-state index contributed by atoms with van der Waals surface area (Å²) in [5.74, 6) is 0.729. The van der Waals surface area contributed by atoms with E-state index in [1.165, 1.54) is 45.2 Å². The first kappa shape index (κ1) is 11.4. The maximum atomic E-state index is 5.95. The topological polar surface area (TPSA) is 38.5 Å². The van der Waals surface area contributed by atoms with E-state index in [2.05, 4.69) is 4.90 Å². The molecule has 0 bridgehead atoms. The number of methoxy groups -OCH3 is 1. The number of likely N-dealkylation sites (tertiary alicyclic amines) is 1. The third kappa shape index (κ3) is 2.19. The van der Waals surface area contributed by atoms with Gasteiger partial charge in [0.25, 0.3) is 0 Å². The largest absolute Gasteiger partial charge is 0.384 e. The number of hydrogen-bond acceptors (Lipinski definition) is 3. The van der Waals surface area contributed by atoms with E-state index >= 15 is 0 Å². The van der Waals surface area contributed by atoms with Gasteiger partial charge < -0.3 is 10.5 Å². The maximum absolute atomic E-state index is 5.95. The monoisotopic (exact) mass is 212 g/mol. The van der Waals surface area contributed by atoms with Crippen molar-refractivity contribution in [1.82, 2.24) is 4.90 Å². The van der Waals surface area contributed by atoms with E-state index < -0.39 is 0 Å². The van der Waals surface area contributed by atoms with Crippen LogP contribution in [0, 0.1) is 5.92 Å². The number of piperidine rings is 1. The molecule has 1 atom stereocenters. The number of hydrogen-bond donors (Lipinski definition) is 1. The fraction of sp³-hybridized carbons (Fsp3) is 1.00. The zero-order valence-electron chi connectivity index (χ0n) is 9.87. The lowest BCUT2D eigenvalue weighted by Gasteiger charge is -2.52. The minimum atomic E-state index is 0.367. The highest BCUT2D eigenvalue weighted by atomic mass is 16.5. The van der Waals surface area contributed by atoms with Crippen LogP contribution in [0.4, 0.5) is 0 Å². The second-order valence-corrected chi connectivity index (χ2v) is 5.19. The standard InChI is InChI=1S/C12H24N2O/c1-15-9-11-4-2-7-14(8-11)12(10-13)5-3-6-12/h11H,2-10,13H2,1H3. The first-order chi connectivity index (χ1) is 7.30. The number of nitrogens with two attached hydrogens (primary N) is 1. The van der Waals surface area contributed by atoms with Gasteiger partial charge in [-0.3, -0.25) is 4.90 Å². The van der Waals surface area contributed by atoms with Crippen LogP contribution in [0.25, 0.3) is 0 Å². The van der Waals surface area contributed by atoms with Crippen LogP contribution in [0.2, 0.25) is 0 Å². The van der Waals surface area contributed by atoms with Gasteiger partial charge in [0, 0.05) is 25.7 Å². The fourth-order valence-electron chi connectivity index (χ4n) is 3.10. The highest BCUT2D eigenvalue weighted by Gasteiger charge is 2.42. The number of ether oxygens (including phenoxy) is 1. The predicted octanol–water partition coefficient (Wildman–Crippen LogP) is 1.23. The van der Waals surface area contributed by atoms with Crippen molar-refractivity contribution < 1.29 is 4.74 Å². The van der Waals surface area contributed by atoms with Gasteiger partial charge in [-0.25, -0.2) is 0 Å². The highest BCUT2D eigenvalue weighted by molar-refractivity contribution is 5.00. The molecule has 1 heterocycles. The molecule has 15 heavy (non-hydrogen) atoms. The Bertz CT molecular complexity index is 196. The van der Waals surface area contributed by atoms with Gasteiger partial charge in [0.1, 0.15) is 0 Å². The first-order valence-electron chi connectivity index (χ1n) is 6.25. The lowest BCUT2D eigenvalue weighted by atomic mass is 9.74. The zero-order chi connectivity index (χ0) is 10.7. The van der Waals surface area contributed by atoms with E-state index in [9.17, 15) is 0 Å². The minimum absolute atomic E-state index is 0.367. The van der Waals surface area contributed by atoms with Crippen molar-refractivity contribution in [2.45, 2.75) is 37.6 Å². The summed E-state index contributed by atoms with van der Waals surface area (Å²) < 4.78 is 5.27. The third-order valence-electron chi connectivity index (χ3n) is 4.26. The summed E-state index contributed by atoms with van der Waals surface area (Å²) in [6.45, 7) is 4.20. The Hall–Kier alpha value is -0.120. The van der Waals surface area contributed by atoms with Crippen LogP contribution in [-0.2, 0) is 4.74 Å². The summed E-state index contributed by atoms with van der Waals surface area (Å²) in [5, 5.41) is 0. The predicted molar refractivity (Wildman–Crippen MR) is 61.8 cm³/mol. The molecule has 2 fully saturated rings. The Morgan fingerprint density at radius 1 is 1.40 bits per heavy atom. The van der Waals surface area contributed by atoms with Crippen molar-refractivity contribution >= 4 is 0 Å². The zero-order valence-corrected chi connectivity index (χ0v) is 9.87. The summed E-state index contributed by atoms with van der Waals surface area (Å²) in [4.78, 5) is 2.64. The Morgan fingerprint density at radius 2 is 2.20 bits per heavy atom. The van der Waals surface area contributed by atoms with E-state index in [-0.39, 0.29) is 0 Å². The van der Waals surface area contributed by atoms with E-state index in [1.54, 1.807) is 7.11 Å². The van der Waals surface area contributed by atoms with Crippen LogP contribution >= 0.6 is 0 Å². The molecule has 0 aromatic rings. The molecule has 3 nitrogen and oxygen atoms in total. The van der Waals surface area contributed by atoms with Gasteiger partial charge >= 0.3 is 0 Å². The van der Waals surface area contributed by atoms with Gasteiger partial charge in [0.15, 0.2) is 0 Å². The van der Waals surface area contributed by atoms with E-state index in [1.807, 2.05) is 0 Å². The first-order valence-corrected chi connectivity index (χ1v) is 6.25. The smallest absolute Gasteiger partial charge is 0.0502 e. The molecule has 0 aromatic heterocycles. The van der Waals surface area contributed by atoms with E-state index in [0.717, 1.165) is 19.1 Å². The Balaban J connectivity index is 1.91. The number of rotatable bonds is 4. The Morgan fingerprint density at radius 3 is 2.73 bits per heavy atom. The molecule has 1 aliphatic carbocycles. The van der Waals surface area contributed by atoms with Gasteiger partial charge in [-0.15, -0.1) is 0 Å². The van der Waals surface area contributed by atoms with Crippen LogP contribution < -0.4 is 5.73 Å². The Labute approximate surface area is 93.0 Å². The van der Waals surface area contributed by atoms with Crippen LogP contribution in [0.3, 0.4) is 0 Å². The second kappa shape index (κ2) is 4.81. The third-order valence-corrected chi connectivity index (χ3v) is 4.26. The molecule has 3 heteroatoms. The Kier molecular flexibility index (Phi) is 3.65. The normalized spacial score (nSPS) is 31.2. The average molecular weight is 212 g/mol. The molecule has 1 unspecified atom stereocenters. The summed E-state index contributed by atoms with van der Waals surface area (Å²) in [5.41, 5.74) is 6.31. The molecule has 1 saturated carbocycles. The SMILES string of the molecule is COCC1CCCN(C2(CN)CCC2)C1. The molecule has 0 spiro atoms. The lowest BCUT2D eigenvalue weighted by molar-refractivity contribution is -0.0206. The molecule has 2 N–H and O–H groups in total. The molecule has 2 rings (SSSR count). The van der Waals surface area contributed by atoms with Crippen LogP contribution in [0.5, 0.6) is 0 Å². The lowest BCUT2D eigenvalue weighted by Crippen LogP contribution is -2.61. The fourth-order valence-corrected chi connectivity index (χ4v) is 3.10. The van der Waals surface area contributed by atoms with E-state index in [0.29, 0.717) is 5.54 Å². The van der Waals surface area contributed by atoms with Crippen LogP contribution in [0.15, 0.2) is 0 Å². The van der Waals surface area contributed by atoms with Crippen molar-refractivity contribution in [3.05, 3.63) is 0 Å². The molecule has 0 radical (unpaired) electrons. The maximum Gasteiger partial charge on any atom is 0.0502 e. The van der Waals surface area contributed by atoms with Gasteiger partial charge in [-0.2, -0.15) is 0 Å². The molecular weight excluding hydrogens is 188 g/mol. The molecule has 0 amide bonds. The molecule has 0 aromatic carbocycles. The summed E-state index contributed by atoms with van der Waals surface area (Å²) in [6, 6.07) is 0. The van der Waals surface area contributed by atoms with Crippen molar-refractivity contribution in [3.63, 3.8) is 0 Å². The summed E-state index contributed by atoms with van der Waals surface area (Å²) in [6.07, 6.45) is 6.62. The van der Waals surface area contributed by atoms with Crippen LogP contribution in [-0.4, -0.2) is 43.8 Å². The van der Waals surface area contributed by atoms with Gasteiger partial charge in [0.05, 0.1) is 6.61 Å². The van der Waals surface area contributed by atoms with Gasteiger partial charge in [-0.05, 0) is 44.6 Å². The van der Waals surface area contributed by atoms with Crippen LogP contribution in [0.1, 0.15) is 32.1 Å². The average Bonchev–Trinajstić information content (AvgIpc) is 2.18. The second-order valence-electron chi connectivity index (χ2n) is 5.19. The van der Waals surface area contributed by atoms with Crippen molar-refractivity contribution in [2.24, 2.45) is 11.7 Å². The van der Waals surface area contributed by atoms with Gasteiger partial charge in [0.2, 0.25) is 0 Å². The summed E-state index contributed by atoms with van der Waals surface area (Å²) >= 11 is 0. The van der Waals surface area contributed by atoms with Crippen molar-refractivity contribution in [3.8, 4) is 0 Å². The minimum Gasteiger partial charge on any atom is -0.384 e. The molecule has 88 valence electrons. The van der Waals surface area contributed by atoms with Gasteiger partial charge in [-0.1, -0.05) is 0 Å². The van der Waals surface area contributed by atoms with E-state index in [4.69, 9.17) is 10.5 Å². The molecule has 1 saturated heterocycles. The van der Waals surface area contributed by atoms with Crippen molar-refractivity contribution in [2.75, 3.05) is 33.4 Å².